The standard InChI is InChI=1S/C17H17N3O2S/c1-10(2)16-19-20-17(22-16)14-13(8-9-23-14)18-15(21)12-7-5-4-6-11(12)3/h4-10H,1-3H3,(H,18,21). The molecular weight excluding hydrogens is 310 g/mol. The molecule has 2 aromatic heterocycles. The van der Waals surface area contributed by atoms with Gasteiger partial charge in [0.25, 0.3) is 11.8 Å². The Kier molecular flexibility index (Phi) is 4.25. The van der Waals surface area contributed by atoms with Crippen molar-refractivity contribution in [2.75, 3.05) is 5.32 Å². The lowest BCUT2D eigenvalue weighted by atomic mass is 10.1. The number of nitrogens with zero attached hydrogens (tertiary/aromatic N) is 2. The van der Waals surface area contributed by atoms with Crippen LogP contribution in [0.1, 0.15) is 41.6 Å². The SMILES string of the molecule is Cc1ccccc1C(=O)Nc1ccsc1-c1nnc(C(C)C)o1. The van der Waals surface area contributed by atoms with Gasteiger partial charge in [-0.05, 0) is 30.0 Å². The molecule has 6 heteroatoms. The van der Waals surface area contributed by atoms with E-state index < -0.39 is 0 Å². The van der Waals surface area contributed by atoms with Crippen molar-refractivity contribution in [2.45, 2.75) is 26.7 Å². The van der Waals surface area contributed by atoms with Crippen molar-refractivity contribution in [1.82, 2.24) is 10.2 Å². The molecule has 118 valence electrons. The fraction of sp³-hybridized carbons (Fsp3) is 0.235. The lowest BCUT2D eigenvalue weighted by Crippen LogP contribution is -2.13. The number of rotatable bonds is 4. The Morgan fingerprint density at radius 1 is 1.22 bits per heavy atom. The van der Waals surface area contributed by atoms with Crippen molar-refractivity contribution in [1.29, 1.82) is 0 Å². The first-order valence-electron chi connectivity index (χ1n) is 7.34. The average molecular weight is 327 g/mol. The minimum absolute atomic E-state index is 0.147. The van der Waals surface area contributed by atoms with Gasteiger partial charge in [0.05, 0.1) is 5.69 Å². The van der Waals surface area contributed by atoms with Gasteiger partial charge in [-0.1, -0.05) is 32.0 Å². The monoisotopic (exact) mass is 327 g/mol. The minimum atomic E-state index is -0.147. The summed E-state index contributed by atoms with van der Waals surface area (Å²) in [6.07, 6.45) is 0. The number of hydrogen-bond acceptors (Lipinski definition) is 5. The van der Waals surface area contributed by atoms with E-state index >= 15 is 0 Å². The number of hydrogen-bond donors (Lipinski definition) is 1. The highest BCUT2D eigenvalue weighted by molar-refractivity contribution is 7.14. The third-order valence-corrected chi connectivity index (χ3v) is 4.33. The molecule has 0 atom stereocenters. The summed E-state index contributed by atoms with van der Waals surface area (Å²) >= 11 is 1.46. The molecule has 0 aliphatic carbocycles. The number of anilines is 1. The zero-order chi connectivity index (χ0) is 16.4. The van der Waals surface area contributed by atoms with Crippen LogP contribution in [0.2, 0.25) is 0 Å². The van der Waals surface area contributed by atoms with Crippen molar-refractivity contribution in [3.05, 3.63) is 52.7 Å². The number of aromatic nitrogens is 2. The van der Waals surface area contributed by atoms with Gasteiger partial charge in [0.2, 0.25) is 5.89 Å². The van der Waals surface area contributed by atoms with Crippen LogP contribution in [-0.2, 0) is 0 Å². The molecule has 2 heterocycles. The minimum Gasteiger partial charge on any atom is -0.420 e. The van der Waals surface area contributed by atoms with Crippen LogP contribution in [-0.4, -0.2) is 16.1 Å². The number of carbonyl (C=O) groups is 1. The molecule has 0 aliphatic rings. The van der Waals surface area contributed by atoms with E-state index in [4.69, 9.17) is 4.42 Å². The van der Waals surface area contributed by atoms with Crippen molar-refractivity contribution in [2.24, 2.45) is 0 Å². The molecule has 0 spiro atoms. The predicted octanol–water partition coefficient (Wildman–Crippen LogP) is 4.48. The van der Waals surface area contributed by atoms with Gasteiger partial charge in [-0.25, -0.2) is 0 Å². The molecule has 3 rings (SSSR count). The maximum Gasteiger partial charge on any atom is 0.259 e. The number of benzene rings is 1. The first-order chi connectivity index (χ1) is 11.1. The van der Waals surface area contributed by atoms with E-state index in [2.05, 4.69) is 15.5 Å². The van der Waals surface area contributed by atoms with Crippen LogP contribution in [0.15, 0.2) is 40.1 Å². The normalized spacial score (nSPS) is 11.0. The van der Waals surface area contributed by atoms with Gasteiger partial charge in [-0.3, -0.25) is 4.79 Å². The zero-order valence-corrected chi connectivity index (χ0v) is 14.0. The first kappa shape index (κ1) is 15.4. The third kappa shape index (κ3) is 3.17. The van der Waals surface area contributed by atoms with Gasteiger partial charge in [0, 0.05) is 11.5 Å². The Morgan fingerprint density at radius 3 is 2.70 bits per heavy atom. The summed E-state index contributed by atoms with van der Waals surface area (Å²) in [5.74, 6) is 1.04. The summed E-state index contributed by atoms with van der Waals surface area (Å²) in [7, 11) is 0. The van der Waals surface area contributed by atoms with Gasteiger partial charge in [-0.2, -0.15) is 0 Å². The fourth-order valence-corrected chi connectivity index (χ4v) is 2.92. The predicted molar refractivity (Wildman–Crippen MR) is 90.8 cm³/mol. The van der Waals surface area contributed by atoms with E-state index in [1.54, 1.807) is 6.07 Å². The molecule has 1 amide bonds. The molecule has 0 saturated carbocycles. The van der Waals surface area contributed by atoms with E-state index in [0.29, 0.717) is 23.0 Å². The fourth-order valence-electron chi connectivity index (χ4n) is 2.15. The lowest BCUT2D eigenvalue weighted by Gasteiger charge is -2.07. The van der Waals surface area contributed by atoms with E-state index in [1.807, 2.05) is 50.4 Å². The smallest absolute Gasteiger partial charge is 0.259 e. The van der Waals surface area contributed by atoms with Crippen LogP contribution < -0.4 is 5.32 Å². The molecule has 5 nitrogen and oxygen atoms in total. The molecule has 0 bridgehead atoms. The van der Waals surface area contributed by atoms with Crippen LogP contribution in [0.4, 0.5) is 5.69 Å². The van der Waals surface area contributed by atoms with Crippen LogP contribution in [0.5, 0.6) is 0 Å². The summed E-state index contributed by atoms with van der Waals surface area (Å²) in [5.41, 5.74) is 2.27. The average Bonchev–Trinajstić information content (AvgIpc) is 3.16. The largest absolute Gasteiger partial charge is 0.420 e. The number of aryl methyl sites for hydroxylation is 1. The summed E-state index contributed by atoms with van der Waals surface area (Å²) in [5, 5.41) is 12.9. The Hall–Kier alpha value is -2.47. The van der Waals surface area contributed by atoms with E-state index in [0.717, 1.165) is 10.4 Å². The number of carbonyl (C=O) groups excluding carboxylic acids is 1. The molecular formula is C17H17N3O2S. The third-order valence-electron chi connectivity index (χ3n) is 3.43. The topological polar surface area (TPSA) is 68.0 Å². The summed E-state index contributed by atoms with van der Waals surface area (Å²) in [6.45, 7) is 5.90. The molecule has 0 unspecified atom stereocenters. The van der Waals surface area contributed by atoms with Crippen molar-refractivity contribution in [3.8, 4) is 10.8 Å². The van der Waals surface area contributed by atoms with Crippen molar-refractivity contribution in [3.63, 3.8) is 0 Å². The molecule has 23 heavy (non-hydrogen) atoms. The van der Waals surface area contributed by atoms with Crippen LogP contribution >= 0.6 is 11.3 Å². The molecule has 1 N–H and O–H groups in total. The molecule has 0 aliphatic heterocycles. The Labute approximate surface area is 138 Å². The van der Waals surface area contributed by atoms with Crippen LogP contribution in [0, 0.1) is 6.92 Å². The van der Waals surface area contributed by atoms with E-state index in [-0.39, 0.29) is 11.8 Å². The molecule has 0 saturated heterocycles. The summed E-state index contributed by atoms with van der Waals surface area (Å²) in [6, 6.07) is 9.32. The molecule has 0 radical (unpaired) electrons. The highest BCUT2D eigenvalue weighted by Crippen LogP contribution is 2.34. The second-order valence-electron chi connectivity index (χ2n) is 5.53. The van der Waals surface area contributed by atoms with E-state index in [1.165, 1.54) is 11.3 Å². The van der Waals surface area contributed by atoms with Gasteiger partial charge in [0.1, 0.15) is 4.88 Å². The lowest BCUT2D eigenvalue weighted by molar-refractivity contribution is 0.102. The summed E-state index contributed by atoms with van der Waals surface area (Å²) in [4.78, 5) is 13.2. The molecule has 0 fully saturated rings. The quantitative estimate of drug-likeness (QED) is 0.767. The number of nitrogens with one attached hydrogen (secondary N) is 1. The van der Waals surface area contributed by atoms with Crippen LogP contribution in [0.25, 0.3) is 10.8 Å². The maximum atomic E-state index is 12.5. The molecule has 1 aromatic carbocycles. The number of amides is 1. The van der Waals surface area contributed by atoms with Gasteiger partial charge >= 0.3 is 0 Å². The maximum absolute atomic E-state index is 12.5. The Morgan fingerprint density at radius 2 is 2.00 bits per heavy atom. The van der Waals surface area contributed by atoms with Gasteiger partial charge < -0.3 is 9.73 Å². The van der Waals surface area contributed by atoms with Crippen LogP contribution in [0.3, 0.4) is 0 Å². The second-order valence-corrected chi connectivity index (χ2v) is 6.45. The molecule has 3 aromatic rings. The zero-order valence-electron chi connectivity index (χ0n) is 13.2. The Bertz CT molecular complexity index is 836. The van der Waals surface area contributed by atoms with Gasteiger partial charge in [-0.15, -0.1) is 21.5 Å². The summed E-state index contributed by atoms with van der Waals surface area (Å²) < 4.78 is 5.68. The van der Waals surface area contributed by atoms with Gasteiger partial charge in [0.15, 0.2) is 0 Å². The highest BCUT2D eigenvalue weighted by Gasteiger charge is 2.18. The Balaban J connectivity index is 1.86. The van der Waals surface area contributed by atoms with E-state index in [9.17, 15) is 4.79 Å². The number of thiophene rings is 1. The van der Waals surface area contributed by atoms with Crippen molar-refractivity contribution >= 4 is 22.9 Å². The first-order valence-corrected chi connectivity index (χ1v) is 8.22. The van der Waals surface area contributed by atoms with Crippen molar-refractivity contribution < 1.29 is 9.21 Å². The highest BCUT2D eigenvalue weighted by atomic mass is 32.1. The second kappa shape index (κ2) is 6.34.